The van der Waals surface area contributed by atoms with E-state index in [4.69, 9.17) is 0 Å². The van der Waals surface area contributed by atoms with Crippen molar-refractivity contribution >= 4 is 26.7 Å². The van der Waals surface area contributed by atoms with E-state index in [-0.39, 0.29) is 0 Å². The summed E-state index contributed by atoms with van der Waals surface area (Å²) in [6, 6.07) is 19.8. The third-order valence-corrected chi connectivity index (χ3v) is 4.26. The van der Waals surface area contributed by atoms with Crippen molar-refractivity contribution in [2.24, 2.45) is 0 Å². The van der Waals surface area contributed by atoms with Gasteiger partial charge >= 0.3 is 0 Å². The van der Waals surface area contributed by atoms with Crippen LogP contribution in [0.1, 0.15) is 11.1 Å². The van der Waals surface area contributed by atoms with Gasteiger partial charge in [-0.2, -0.15) is 0 Å². The van der Waals surface area contributed by atoms with Crippen molar-refractivity contribution in [1.29, 1.82) is 0 Å². The molecule has 0 bridgehead atoms. The molecular weight excluding hydrogens is 284 g/mol. The summed E-state index contributed by atoms with van der Waals surface area (Å²) in [5, 5.41) is 2.70. The molecule has 0 saturated heterocycles. The van der Waals surface area contributed by atoms with Crippen LogP contribution < -0.4 is 0 Å². The van der Waals surface area contributed by atoms with E-state index in [0.717, 1.165) is 10.9 Å². The third-order valence-electron chi connectivity index (χ3n) is 3.77. The molecule has 0 fully saturated rings. The van der Waals surface area contributed by atoms with E-state index >= 15 is 0 Å². The molecular formula is C17H11Br. The molecule has 86 valence electrons. The van der Waals surface area contributed by atoms with Gasteiger partial charge in [0.1, 0.15) is 0 Å². The number of rotatable bonds is 0. The fraction of sp³-hybridized carbons (Fsp3) is 0.0588. The smallest absolute Gasteiger partial charge is 0.0181 e. The summed E-state index contributed by atoms with van der Waals surface area (Å²) in [4.78, 5) is 0. The highest BCUT2D eigenvalue weighted by atomic mass is 79.9. The molecule has 0 N–H and O–H groups in total. The van der Waals surface area contributed by atoms with E-state index < -0.39 is 0 Å². The van der Waals surface area contributed by atoms with Gasteiger partial charge in [-0.15, -0.1) is 0 Å². The van der Waals surface area contributed by atoms with Crippen LogP contribution >= 0.6 is 15.9 Å². The number of halogens is 1. The molecule has 0 nitrogen and oxygen atoms in total. The second kappa shape index (κ2) is 3.69. The van der Waals surface area contributed by atoms with Crippen LogP contribution in [-0.2, 0) is 6.42 Å². The first kappa shape index (κ1) is 10.3. The minimum atomic E-state index is 1.06. The van der Waals surface area contributed by atoms with Gasteiger partial charge < -0.3 is 0 Å². The fourth-order valence-corrected chi connectivity index (χ4v) is 3.31. The Balaban J connectivity index is 2.07. The van der Waals surface area contributed by atoms with Gasteiger partial charge in [-0.1, -0.05) is 58.4 Å². The quantitative estimate of drug-likeness (QED) is 0.419. The molecule has 3 aromatic rings. The summed E-state index contributed by atoms with van der Waals surface area (Å²) in [6.07, 6.45) is 1.06. The molecule has 0 aromatic heterocycles. The average Bonchev–Trinajstić information content (AvgIpc) is 2.77. The van der Waals surface area contributed by atoms with E-state index in [0.29, 0.717) is 0 Å². The summed E-state index contributed by atoms with van der Waals surface area (Å²) < 4.78 is 1.14. The maximum absolute atomic E-state index is 3.54. The zero-order valence-corrected chi connectivity index (χ0v) is 11.4. The standard InChI is InChI=1S/C17H11Br/c18-13-6-8-15-12(9-13)5-7-16-14-4-2-1-3-11(14)10-17(15)16/h1-9H,10H2. The van der Waals surface area contributed by atoms with Gasteiger partial charge in [0, 0.05) is 4.47 Å². The molecule has 0 heterocycles. The van der Waals surface area contributed by atoms with Crippen LogP contribution in [0.25, 0.3) is 21.9 Å². The first-order valence-corrected chi connectivity index (χ1v) is 6.92. The highest BCUT2D eigenvalue weighted by Gasteiger charge is 2.19. The summed E-state index contributed by atoms with van der Waals surface area (Å²) in [7, 11) is 0. The Kier molecular flexibility index (Phi) is 2.12. The monoisotopic (exact) mass is 294 g/mol. The minimum absolute atomic E-state index is 1.06. The number of fused-ring (bicyclic) bond motifs is 5. The molecule has 0 radical (unpaired) electrons. The second-order valence-corrected chi connectivity index (χ2v) is 5.71. The van der Waals surface area contributed by atoms with E-state index in [1.54, 1.807) is 0 Å². The SMILES string of the molecule is Brc1ccc2c3c(ccc2c1)-c1ccccc1C3. The summed E-state index contributed by atoms with van der Waals surface area (Å²) in [5.41, 5.74) is 5.72. The van der Waals surface area contributed by atoms with Gasteiger partial charge in [0.2, 0.25) is 0 Å². The highest BCUT2D eigenvalue weighted by molar-refractivity contribution is 9.10. The van der Waals surface area contributed by atoms with E-state index in [1.807, 2.05) is 0 Å². The zero-order valence-electron chi connectivity index (χ0n) is 9.78. The summed E-state index contributed by atoms with van der Waals surface area (Å²) in [6.45, 7) is 0. The van der Waals surface area contributed by atoms with Crippen LogP contribution in [0, 0.1) is 0 Å². The Morgan fingerprint density at radius 3 is 2.67 bits per heavy atom. The second-order valence-electron chi connectivity index (χ2n) is 4.79. The Labute approximate surface area is 114 Å². The molecule has 0 atom stereocenters. The molecule has 0 amide bonds. The first-order valence-electron chi connectivity index (χ1n) is 6.12. The summed E-state index contributed by atoms with van der Waals surface area (Å²) in [5.74, 6) is 0. The molecule has 0 saturated carbocycles. The number of benzene rings is 3. The van der Waals surface area contributed by atoms with E-state index in [2.05, 4.69) is 70.5 Å². The lowest BCUT2D eigenvalue weighted by atomic mass is 9.99. The van der Waals surface area contributed by atoms with Crippen LogP contribution in [0.2, 0.25) is 0 Å². The normalized spacial score (nSPS) is 12.5. The molecule has 4 rings (SSSR count). The van der Waals surface area contributed by atoms with Crippen LogP contribution in [0.3, 0.4) is 0 Å². The molecule has 1 aliphatic rings. The number of hydrogen-bond acceptors (Lipinski definition) is 0. The van der Waals surface area contributed by atoms with Crippen molar-refractivity contribution in [3.8, 4) is 11.1 Å². The fourth-order valence-electron chi connectivity index (χ4n) is 2.94. The molecule has 0 aliphatic heterocycles. The number of hydrogen-bond donors (Lipinski definition) is 0. The van der Waals surface area contributed by atoms with Crippen LogP contribution in [0.5, 0.6) is 0 Å². The molecule has 18 heavy (non-hydrogen) atoms. The molecule has 0 unspecified atom stereocenters. The Hall–Kier alpha value is -1.60. The van der Waals surface area contributed by atoms with Crippen molar-refractivity contribution in [2.45, 2.75) is 6.42 Å². The Morgan fingerprint density at radius 2 is 1.72 bits per heavy atom. The average molecular weight is 295 g/mol. The van der Waals surface area contributed by atoms with Crippen molar-refractivity contribution < 1.29 is 0 Å². The van der Waals surface area contributed by atoms with Crippen LogP contribution in [-0.4, -0.2) is 0 Å². The topological polar surface area (TPSA) is 0 Å². The third kappa shape index (κ3) is 1.37. The zero-order chi connectivity index (χ0) is 12.1. The van der Waals surface area contributed by atoms with Gasteiger partial charge in [-0.3, -0.25) is 0 Å². The van der Waals surface area contributed by atoms with Gasteiger partial charge in [0.15, 0.2) is 0 Å². The Morgan fingerprint density at radius 1 is 0.833 bits per heavy atom. The highest BCUT2D eigenvalue weighted by Crippen LogP contribution is 2.40. The minimum Gasteiger partial charge on any atom is -0.0619 e. The lowest BCUT2D eigenvalue weighted by Crippen LogP contribution is -1.84. The maximum Gasteiger partial charge on any atom is 0.0181 e. The van der Waals surface area contributed by atoms with Gasteiger partial charge in [0.05, 0.1) is 0 Å². The van der Waals surface area contributed by atoms with Crippen LogP contribution in [0.4, 0.5) is 0 Å². The predicted molar refractivity (Wildman–Crippen MR) is 79.9 cm³/mol. The first-order chi connectivity index (χ1) is 8.83. The maximum atomic E-state index is 3.54. The Bertz CT molecular complexity index is 772. The van der Waals surface area contributed by atoms with E-state index in [9.17, 15) is 0 Å². The van der Waals surface area contributed by atoms with E-state index in [1.165, 1.54) is 33.0 Å². The predicted octanol–water partition coefficient (Wildman–Crippen LogP) is 5.17. The molecule has 1 aliphatic carbocycles. The lowest BCUT2D eigenvalue weighted by Gasteiger charge is -2.06. The van der Waals surface area contributed by atoms with Crippen molar-refractivity contribution in [3.05, 3.63) is 70.2 Å². The summed E-state index contributed by atoms with van der Waals surface area (Å²) >= 11 is 3.54. The van der Waals surface area contributed by atoms with Gasteiger partial charge in [0.25, 0.3) is 0 Å². The van der Waals surface area contributed by atoms with Crippen LogP contribution in [0.15, 0.2) is 59.1 Å². The molecule has 0 spiro atoms. The van der Waals surface area contributed by atoms with Crippen molar-refractivity contribution in [2.75, 3.05) is 0 Å². The molecule has 3 aromatic carbocycles. The van der Waals surface area contributed by atoms with Crippen molar-refractivity contribution in [3.63, 3.8) is 0 Å². The van der Waals surface area contributed by atoms with Gasteiger partial charge in [-0.25, -0.2) is 0 Å². The van der Waals surface area contributed by atoms with Crippen molar-refractivity contribution in [1.82, 2.24) is 0 Å². The largest absolute Gasteiger partial charge is 0.0619 e. The molecule has 1 heteroatoms. The lowest BCUT2D eigenvalue weighted by molar-refractivity contribution is 1.28. The van der Waals surface area contributed by atoms with Gasteiger partial charge in [-0.05, 0) is 51.6 Å².